The molecule has 0 spiro atoms. The predicted molar refractivity (Wildman–Crippen MR) is 252 cm³/mol. The second-order valence-electron chi connectivity index (χ2n) is 14.4. The Bertz CT molecular complexity index is 2140. The number of nitrogens with zero attached hydrogens (tertiary/aromatic N) is 2. The van der Waals surface area contributed by atoms with Gasteiger partial charge in [0.1, 0.15) is 0 Å². The van der Waals surface area contributed by atoms with Crippen LogP contribution in [0, 0.1) is 0 Å². The normalized spacial score (nSPS) is 10.5. The zero-order valence-electron chi connectivity index (χ0n) is 33.4. The zero-order valence-corrected chi connectivity index (χ0v) is 33.4. The zero-order chi connectivity index (χ0) is 41.5. The lowest BCUT2D eigenvalue weighted by Crippen LogP contribution is -2.01. The SMILES string of the molecule is Nc1ccc(NCc2ccc(-c3ccc(CNc4ccc(N)cc4)cc3)cc2)cc1.Nc1ccc(NCc2ccc(-c3ccc(CNc4ccc(N)cc4)cn3)nc2)cc1. The highest BCUT2D eigenvalue weighted by Crippen LogP contribution is 2.23. The molecule has 8 aromatic rings. The number of rotatable bonds is 14. The predicted octanol–water partition coefficient (Wildman–Crippen LogP) is 10.3. The van der Waals surface area contributed by atoms with E-state index in [1.54, 1.807) is 0 Å². The first kappa shape index (κ1) is 40.2. The Balaban J connectivity index is 0.000000181. The van der Waals surface area contributed by atoms with E-state index in [9.17, 15) is 0 Å². The van der Waals surface area contributed by atoms with Crippen LogP contribution in [0.3, 0.4) is 0 Å². The maximum Gasteiger partial charge on any atom is 0.0886 e. The van der Waals surface area contributed by atoms with Crippen molar-refractivity contribution in [3.63, 3.8) is 0 Å². The van der Waals surface area contributed by atoms with Gasteiger partial charge in [0.2, 0.25) is 0 Å². The second-order valence-corrected chi connectivity index (χ2v) is 14.4. The lowest BCUT2D eigenvalue weighted by Gasteiger charge is -2.09. The molecule has 12 N–H and O–H groups in total. The van der Waals surface area contributed by atoms with Crippen molar-refractivity contribution in [2.24, 2.45) is 0 Å². The monoisotopic (exact) mass is 790 g/mol. The largest absolute Gasteiger partial charge is 0.399 e. The van der Waals surface area contributed by atoms with Gasteiger partial charge in [-0.3, -0.25) is 9.97 Å². The topological polar surface area (TPSA) is 178 Å². The van der Waals surface area contributed by atoms with Gasteiger partial charge in [0.05, 0.1) is 11.4 Å². The molecule has 60 heavy (non-hydrogen) atoms. The summed E-state index contributed by atoms with van der Waals surface area (Å²) in [5.41, 5.74) is 38.9. The number of nitrogen functional groups attached to an aromatic ring is 4. The minimum Gasteiger partial charge on any atom is -0.399 e. The Morgan fingerprint density at radius 1 is 0.283 bits per heavy atom. The van der Waals surface area contributed by atoms with Crippen LogP contribution in [0.25, 0.3) is 22.5 Å². The molecule has 0 aliphatic carbocycles. The minimum atomic E-state index is 0.695. The van der Waals surface area contributed by atoms with Crippen LogP contribution in [-0.4, -0.2) is 9.97 Å². The van der Waals surface area contributed by atoms with Gasteiger partial charge in [-0.25, -0.2) is 0 Å². The Hall–Kier alpha value is -7.98. The lowest BCUT2D eigenvalue weighted by molar-refractivity contribution is 1.09. The first-order valence-corrected chi connectivity index (χ1v) is 19.8. The molecule has 0 fully saturated rings. The molecule has 10 nitrogen and oxygen atoms in total. The van der Waals surface area contributed by atoms with Crippen LogP contribution in [0.1, 0.15) is 22.3 Å². The summed E-state index contributed by atoms with van der Waals surface area (Å²) in [6.45, 7) is 2.95. The first-order valence-electron chi connectivity index (χ1n) is 19.8. The molecule has 0 aliphatic heterocycles. The van der Waals surface area contributed by atoms with Crippen molar-refractivity contribution in [1.29, 1.82) is 0 Å². The molecule has 2 heterocycles. The van der Waals surface area contributed by atoms with E-state index in [1.807, 2.05) is 122 Å². The third-order valence-corrected chi connectivity index (χ3v) is 9.78. The molecule has 0 amide bonds. The third-order valence-electron chi connectivity index (χ3n) is 9.78. The van der Waals surface area contributed by atoms with E-state index in [1.165, 1.54) is 22.3 Å². The molecule has 2 aromatic heterocycles. The Morgan fingerprint density at radius 3 is 0.783 bits per heavy atom. The third kappa shape index (κ3) is 12.0. The molecule has 0 atom stereocenters. The van der Waals surface area contributed by atoms with Gasteiger partial charge in [-0.15, -0.1) is 0 Å². The van der Waals surface area contributed by atoms with Crippen molar-refractivity contribution in [2.75, 3.05) is 44.2 Å². The fourth-order valence-electron chi connectivity index (χ4n) is 6.21. The van der Waals surface area contributed by atoms with Gasteiger partial charge < -0.3 is 44.2 Å². The number of aromatic nitrogens is 2. The summed E-state index contributed by atoms with van der Waals surface area (Å²) in [7, 11) is 0. The van der Waals surface area contributed by atoms with Gasteiger partial charge in [-0.2, -0.15) is 0 Å². The first-order chi connectivity index (χ1) is 29.3. The molecule has 0 saturated heterocycles. The molecule has 6 aromatic carbocycles. The minimum absolute atomic E-state index is 0.695. The molecule has 0 radical (unpaired) electrons. The van der Waals surface area contributed by atoms with Crippen LogP contribution in [0.4, 0.5) is 45.5 Å². The quantitative estimate of drug-likeness (QED) is 0.0495. The van der Waals surface area contributed by atoms with Crippen LogP contribution in [0.5, 0.6) is 0 Å². The average Bonchev–Trinajstić information content (AvgIpc) is 3.29. The molecular formula is C50H50N10. The van der Waals surface area contributed by atoms with Crippen LogP contribution < -0.4 is 44.2 Å². The number of benzene rings is 6. The standard InChI is InChI=1S/C26H26N4.C24H24N6/c27-23-9-13-25(14-10-23)29-17-19-1-5-21(6-2-19)22-7-3-20(4-8-22)18-30-26-15-11-24(28)12-16-26;25-19-3-7-21(8-4-19)27-13-17-1-11-23(29-15-17)24-12-2-18(16-30-24)14-28-22-9-5-20(26)6-10-22/h1-16,29-30H,17-18,27-28H2;1-12,15-16,27-28H,13-14,25-26H2. The summed E-state index contributed by atoms with van der Waals surface area (Å²) in [5.74, 6) is 0. The highest BCUT2D eigenvalue weighted by Gasteiger charge is 2.04. The van der Waals surface area contributed by atoms with Crippen LogP contribution in [0.2, 0.25) is 0 Å². The number of hydrogen-bond donors (Lipinski definition) is 8. The van der Waals surface area contributed by atoms with Gasteiger partial charge in [0.15, 0.2) is 0 Å². The molecule has 10 heteroatoms. The van der Waals surface area contributed by atoms with E-state index >= 15 is 0 Å². The maximum atomic E-state index is 5.73. The maximum absolute atomic E-state index is 5.73. The Labute approximate surface area is 351 Å². The summed E-state index contributed by atoms with van der Waals surface area (Å²) in [6.07, 6.45) is 3.75. The van der Waals surface area contributed by atoms with Crippen LogP contribution in [0.15, 0.2) is 182 Å². The van der Waals surface area contributed by atoms with Crippen molar-refractivity contribution < 1.29 is 0 Å². The van der Waals surface area contributed by atoms with E-state index in [0.717, 1.165) is 81.1 Å². The van der Waals surface area contributed by atoms with Gasteiger partial charge in [0, 0.05) is 84.1 Å². The number of pyridine rings is 2. The van der Waals surface area contributed by atoms with Gasteiger partial charge >= 0.3 is 0 Å². The lowest BCUT2D eigenvalue weighted by atomic mass is 10.0. The summed E-state index contributed by atoms with van der Waals surface area (Å²) in [5, 5.41) is 13.6. The van der Waals surface area contributed by atoms with Crippen molar-refractivity contribution in [3.05, 3.63) is 205 Å². The fraction of sp³-hybridized carbons (Fsp3) is 0.0800. The van der Waals surface area contributed by atoms with Crippen molar-refractivity contribution in [3.8, 4) is 22.5 Å². The van der Waals surface area contributed by atoms with Crippen LogP contribution in [-0.2, 0) is 26.2 Å². The molecule has 0 unspecified atom stereocenters. The van der Waals surface area contributed by atoms with Gasteiger partial charge in [0.25, 0.3) is 0 Å². The van der Waals surface area contributed by atoms with Gasteiger partial charge in [-0.05, 0) is 143 Å². The van der Waals surface area contributed by atoms with Crippen molar-refractivity contribution in [1.82, 2.24) is 9.97 Å². The fourth-order valence-corrected chi connectivity index (χ4v) is 6.21. The highest BCUT2D eigenvalue weighted by molar-refractivity contribution is 5.64. The molecule has 0 bridgehead atoms. The highest BCUT2D eigenvalue weighted by atomic mass is 14.9. The van der Waals surface area contributed by atoms with E-state index in [0.29, 0.717) is 13.1 Å². The number of nitrogens with two attached hydrogens (primary N) is 4. The Morgan fingerprint density at radius 2 is 0.533 bits per heavy atom. The van der Waals surface area contributed by atoms with Crippen molar-refractivity contribution in [2.45, 2.75) is 26.2 Å². The average molecular weight is 791 g/mol. The number of hydrogen-bond acceptors (Lipinski definition) is 10. The molecule has 0 aliphatic rings. The molecular weight excluding hydrogens is 741 g/mol. The van der Waals surface area contributed by atoms with Crippen molar-refractivity contribution >= 4 is 45.5 Å². The second kappa shape index (κ2) is 19.9. The number of nitrogens with one attached hydrogen (secondary N) is 4. The summed E-state index contributed by atoms with van der Waals surface area (Å²) < 4.78 is 0. The molecule has 8 rings (SSSR count). The smallest absolute Gasteiger partial charge is 0.0886 e. The summed E-state index contributed by atoms with van der Waals surface area (Å²) >= 11 is 0. The Kier molecular flexibility index (Phi) is 13.4. The van der Waals surface area contributed by atoms with Crippen LogP contribution >= 0.6 is 0 Å². The summed E-state index contributed by atoms with van der Waals surface area (Å²) in [4.78, 5) is 9.11. The van der Waals surface area contributed by atoms with E-state index in [-0.39, 0.29) is 0 Å². The van der Waals surface area contributed by atoms with E-state index in [4.69, 9.17) is 22.9 Å². The summed E-state index contributed by atoms with van der Waals surface area (Å²) in [6, 6.07) is 56.4. The van der Waals surface area contributed by atoms with E-state index in [2.05, 4.69) is 91.9 Å². The molecule has 300 valence electrons. The molecule has 0 saturated carbocycles. The van der Waals surface area contributed by atoms with E-state index < -0.39 is 0 Å². The number of anilines is 8. The van der Waals surface area contributed by atoms with Gasteiger partial charge in [-0.1, -0.05) is 60.7 Å².